The number of nitrogens with zero attached hydrogens (tertiary/aromatic N) is 3. The van der Waals surface area contributed by atoms with Gasteiger partial charge in [-0.1, -0.05) is 0 Å². The Kier molecular flexibility index (Phi) is 4.74. The highest BCUT2D eigenvalue weighted by atomic mass is 16.5. The molecule has 0 radical (unpaired) electrons. The van der Waals surface area contributed by atoms with Crippen molar-refractivity contribution in [3.63, 3.8) is 0 Å². The lowest BCUT2D eigenvalue weighted by Crippen LogP contribution is -2.59. The standard InChI is InChI=1S/C24H27N5O3/c1-31-17-6-8-19-20(15-17)29(26)24(22-4-3-11-28(19)22)9-12-27(13-10-24)23(30)16-5-7-18(25)21(14-16)32-2/h3-8,11,14-15H,9-10,12-13,25-26H2,1-2H3. The van der Waals surface area contributed by atoms with Gasteiger partial charge in [0.1, 0.15) is 11.5 Å². The van der Waals surface area contributed by atoms with Gasteiger partial charge in [-0.3, -0.25) is 9.80 Å². The third-order valence-electron chi connectivity index (χ3n) is 6.75. The van der Waals surface area contributed by atoms with Crippen LogP contribution in [0.5, 0.6) is 11.5 Å². The van der Waals surface area contributed by atoms with Crippen LogP contribution in [0.4, 0.5) is 11.4 Å². The number of rotatable bonds is 3. The molecule has 5 rings (SSSR count). The first-order valence-electron chi connectivity index (χ1n) is 10.6. The maximum atomic E-state index is 13.2. The van der Waals surface area contributed by atoms with Gasteiger partial charge < -0.3 is 24.7 Å². The van der Waals surface area contributed by atoms with Gasteiger partial charge in [0.05, 0.1) is 42.5 Å². The summed E-state index contributed by atoms with van der Waals surface area (Å²) in [6, 6.07) is 15.3. The van der Waals surface area contributed by atoms with Gasteiger partial charge in [0, 0.05) is 30.9 Å². The Morgan fingerprint density at radius 1 is 1.00 bits per heavy atom. The Labute approximate surface area is 186 Å². The molecule has 0 bridgehead atoms. The quantitative estimate of drug-likeness (QED) is 0.487. The fourth-order valence-corrected chi connectivity index (χ4v) is 4.95. The summed E-state index contributed by atoms with van der Waals surface area (Å²) in [5, 5.41) is 1.87. The number of aromatic nitrogens is 1. The lowest BCUT2D eigenvalue weighted by Gasteiger charge is -2.51. The smallest absolute Gasteiger partial charge is 0.253 e. The second kappa shape index (κ2) is 7.49. The number of hydrazine groups is 1. The van der Waals surface area contributed by atoms with Crippen LogP contribution in [0.25, 0.3) is 5.69 Å². The van der Waals surface area contributed by atoms with E-state index >= 15 is 0 Å². The predicted octanol–water partition coefficient (Wildman–Crippen LogP) is 2.90. The van der Waals surface area contributed by atoms with Crippen LogP contribution in [0.1, 0.15) is 28.9 Å². The third kappa shape index (κ3) is 2.90. The Morgan fingerprint density at radius 2 is 1.78 bits per heavy atom. The van der Waals surface area contributed by atoms with E-state index in [0.717, 1.165) is 22.8 Å². The summed E-state index contributed by atoms with van der Waals surface area (Å²) in [7, 11) is 3.20. The fourth-order valence-electron chi connectivity index (χ4n) is 4.95. The summed E-state index contributed by atoms with van der Waals surface area (Å²) in [6.07, 6.45) is 3.48. The molecule has 2 aliphatic heterocycles. The predicted molar refractivity (Wildman–Crippen MR) is 123 cm³/mol. The Morgan fingerprint density at radius 3 is 2.50 bits per heavy atom. The molecular weight excluding hydrogens is 406 g/mol. The number of benzene rings is 2. The van der Waals surface area contributed by atoms with Crippen molar-refractivity contribution in [2.75, 3.05) is 38.1 Å². The van der Waals surface area contributed by atoms with Gasteiger partial charge in [-0.05, 0) is 55.3 Å². The topological polar surface area (TPSA) is 99.0 Å². The number of fused-ring (bicyclic) bond motifs is 4. The molecule has 3 heterocycles. The van der Waals surface area contributed by atoms with E-state index in [9.17, 15) is 4.79 Å². The number of anilines is 2. The van der Waals surface area contributed by atoms with Crippen LogP contribution in [-0.2, 0) is 5.54 Å². The monoisotopic (exact) mass is 433 g/mol. The third-order valence-corrected chi connectivity index (χ3v) is 6.75. The van der Waals surface area contributed by atoms with Crippen LogP contribution in [-0.4, -0.2) is 42.7 Å². The van der Waals surface area contributed by atoms with Crippen LogP contribution >= 0.6 is 0 Å². The molecule has 1 fully saturated rings. The number of methoxy groups -OCH3 is 2. The Bertz CT molecular complexity index is 1180. The zero-order valence-electron chi connectivity index (χ0n) is 18.2. The largest absolute Gasteiger partial charge is 0.497 e. The van der Waals surface area contributed by atoms with Crippen LogP contribution < -0.4 is 26.1 Å². The van der Waals surface area contributed by atoms with Crippen LogP contribution in [0.2, 0.25) is 0 Å². The molecule has 8 heteroatoms. The number of piperidine rings is 1. The first-order chi connectivity index (χ1) is 15.5. The minimum atomic E-state index is -0.404. The lowest BCUT2D eigenvalue weighted by molar-refractivity contribution is 0.0655. The maximum absolute atomic E-state index is 13.2. The van der Waals surface area contributed by atoms with Crippen molar-refractivity contribution in [1.82, 2.24) is 9.47 Å². The molecule has 166 valence electrons. The summed E-state index contributed by atoms with van der Waals surface area (Å²) >= 11 is 0. The SMILES string of the molecule is COc1ccc2c(c1)N(N)C1(CCN(C(=O)c3ccc(N)c(OC)c3)CC1)c1cccn1-2. The van der Waals surface area contributed by atoms with E-state index in [2.05, 4.69) is 16.8 Å². The molecule has 2 aromatic carbocycles. The molecular formula is C24H27N5O3. The van der Waals surface area contributed by atoms with Crippen molar-refractivity contribution in [2.24, 2.45) is 5.84 Å². The van der Waals surface area contributed by atoms with Crippen LogP contribution in [0, 0.1) is 0 Å². The van der Waals surface area contributed by atoms with Gasteiger partial charge in [0.2, 0.25) is 0 Å². The second-order valence-electron chi connectivity index (χ2n) is 8.27. The number of ether oxygens (including phenoxy) is 2. The Balaban J connectivity index is 1.44. The van der Waals surface area contributed by atoms with E-state index in [1.807, 2.05) is 34.2 Å². The zero-order chi connectivity index (χ0) is 22.5. The molecule has 1 saturated heterocycles. The van der Waals surface area contributed by atoms with Gasteiger partial charge in [0.25, 0.3) is 5.91 Å². The van der Waals surface area contributed by atoms with Crippen molar-refractivity contribution >= 4 is 17.3 Å². The van der Waals surface area contributed by atoms with Gasteiger partial charge in [-0.15, -0.1) is 0 Å². The van der Waals surface area contributed by atoms with Crippen molar-refractivity contribution in [1.29, 1.82) is 0 Å². The van der Waals surface area contributed by atoms with Crippen molar-refractivity contribution < 1.29 is 14.3 Å². The Hall–Kier alpha value is -3.65. The van der Waals surface area contributed by atoms with Gasteiger partial charge >= 0.3 is 0 Å². The summed E-state index contributed by atoms with van der Waals surface area (Å²) in [5.74, 6) is 8.01. The van der Waals surface area contributed by atoms with Crippen molar-refractivity contribution in [3.8, 4) is 17.2 Å². The minimum absolute atomic E-state index is 0.0324. The number of nitrogen functional groups attached to an aromatic ring is 1. The summed E-state index contributed by atoms with van der Waals surface area (Å²) in [6.45, 7) is 1.17. The molecule has 3 aromatic rings. The molecule has 1 aromatic heterocycles. The first kappa shape index (κ1) is 20.3. The lowest BCUT2D eigenvalue weighted by atomic mass is 9.81. The number of amides is 1. The zero-order valence-corrected chi connectivity index (χ0v) is 18.2. The number of likely N-dealkylation sites (tertiary alicyclic amines) is 1. The van der Waals surface area contributed by atoms with E-state index in [-0.39, 0.29) is 5.91 Å². The van der Waals surface area contributed by atoms with E-state index in [0.29, 0.717) is 42.9 Å². The summed E-state index contributed by atoms with van der Waals surface area (Å²) < 4.78 is 12.9. The van der Waals surface area contributed by atoms with Crippen molar-refractivity contribution in [2.45, 2.75) is 18.4 Å². The molecule has 1 amide bonds. The highest BCUT2D eigenvalue weighted by Crippen LogP contribution is 2.47. The average Bonchev–Trinajstić information content (AvgIpc) is 3.33. The fraction of sp³-hybridized carbons (Fsp3) is 0.292. The summed E-state index contributed by atoms with van der Waals surface area (Å²) in [4.78, 5) is 15.0. The van der Waals surface area contributed by atoms with E-state index in [4.69, 9.17) is 21.1 Å². The molecule has 0 aliphatic carbocycles. The maximum Gasteiger partial charge on any atom is 0.253 e. The van der Waals surface area contributed by atoms with Gasteiger partial charge in [-0.25, -0.2) is 5.84 Å². The minimum Gasteiger partial charge on any atom is -0.497 e. The molecule has 32 heavy (non-hydrogen) atoms. The van der Waals surface area contributed by atoms with Crippen LogP contribution in [0.15, 0.2) is 54.7 Å². The summed E-state index contributed by atoms with van der Waals surface area (Å²) in [5.41, 5.74) is 9.65. The number of carbonyl (C=O) groups is 1. The van der Waals surface area contributed by atoms with Gasteiger partial charge in [0.15, 0.2) is 0 Å². The second-order valence-corrected chi connectivity index (χ2v) is 8.27. The average molecular weight is 434 g/mol. The van der Waals surface area contributed by atoms with E-state index in [1.165, 1.54) is 0 Å². The highest BCUT2D eigenvalue weighted by Gasteiger charge is 2.47. The molecule has 0 unspecified atom stereocenters. The molecule has 0 atom stereocenters. The highest BCUT2D eigenvalue weighted by molar-refractivity contribution is 5.95. The van der Waals surface area contributed by atoms with Gasteiger partial charge in [-0.2, -0.15) is 0 Å². The normalized spacial score (nSPS) is 16.5. The number of nitrogens with two attached hydrogens (primary N) is 2. The molecule has 4 N–H and O–H groups in total. The molecule has 2 aliphatic rings. The number of carbonyl (C=O) groups excluding carboxylic acids is 1. The number of hydrogen-bond acceptors (Lipinski definition) is 6. The van der Waals surface area contributed by atoms with Crippen molar-refractivity contribution in [3.05, 3.63) is 66.0 Å². The molecule has 8 nitrogen and oxygen atoms in total. The van der Waals surface area contributed by atoms with E-state index in [1.54, 1.807) is 32.4 Å². The first-order valence-corrected chi connectivity index (χ1v) is 10.6. The molecule has 1 spiro atoms. The van der Waals surface area contributed by atoms with E-state index < -0.39 is 5.54 Å². The molecule has 0 saturated carbocycles. The van der Waals surface area contributed by atoms with Crippen LogP contribution in [0.3, 0.4) is 0 Å². The number of hydrogen-bond donors (Lipinski definition) is 2.